The third-order valence-electron chi connectivity index (χ3n) is 2.55. The van der Waals surface area contributed by atoms with Gasteiger partial charge in [-0.25, -0.2) is 0 Å². The van der Waals surface area contributed by atoms with Crippen molar-refractivity contribution in [2.75, 3.05) is 18.8 Å². The number of hydrogen-bond donors (Lipinski definition) is 1. The molecule has 2 rings (SSSR count). The average molecular weight is 263 g/mol. The van der Waals surface area contributed by atoms with Crippen molar-refractivity contribution in [1.82, 2.24) is 15.1 Å². The van der Waals surface area contributed by atoms with Crippen LogP contribution in [0.15, 0.2) is 53.7 Å². The lowest BCUT2D eigenvalue weighted by Crippen LogP contribution is -2.24. The Kier molecular flexibility index (Phi) is 5.11. The molecule has 4 nitrogen and oxygen atoms in total. The highest BCUT2D eigenvalue weighted by Gasteiger charge is 2.01. The first-order chi connectivity index (χ1) is 8.86. The van der Waals surface area contributed by atoms with Gasteiger partial charge in [-0.2, -0.15) is 5.10 Å². The molecule has 0 bridgehead atoms. The van der Waals surface area contributed by atoms with E-state index in [0.717, 1.165) is 24.5 Å². The van der Waals surface area contributed by atoms with E-state index in [1.807, 2.05) is 47.3 Å². The van der Waals surface area contributed by atoms with Crippen LogP contribution in [0.25, 0.3) is 0 Å². The third-order valence-corrected chi connectivity index (χ3v) is 3.92. The zero-order valence-corrected chi connectivity index (χ0v) is 11.0. The molecule has 1 aromatic carbocycles. The Morgan fingerprint density at radius 3 is 2.72 bits per heavy atom. The Bertz CT molecular complexity index is 470. The van der Waals surface area contributed by atoms with E-state index in [4.69, 9.17) is 0 Å². The minimum Gasteiger partial charge on any atom is -0.314 e. The van der Waals surface area contributed by atoms with Gasteiger partial charge < -0.3 is 5.32 Å². The first-order valence-electron chi connectivity index (χ1n) is 5.98. The van der Waals surface area contributed by atoms with E-state index in [-0.39, 0.29) is 0 Å². The van der Waals surface area contributed by atoms with E-state index in [1.54, 1.807) is 6.20 Å². The maximum absolute atomic E-state index is 11.9. The summed E-state index contributed by atoms with van der Waals surface area (Å²) >= 11 is 0. The molecule has 1 aromatic heterocycles. The van der Waals surface area contributed by atoms with Crippen LogP contribution in [0, 0.1) is 0 Å². The summed E-state index contributed by atoms with van der Waals surface area (Å²) in [6, 6.07) is 11.5. The van der Waals surface area contributed by atoms with Crippen LogP contribution in [0.3, 0.4) is 0 Å². The van der Waals surface area contributed by atoms with E-state index >= 15 is 0 Å². The predicted octanol–water partition coefficient (Wildman–Crippen LogP) is 1.28. The Morgan fingerprint density at radius 2 is 2.00 bits per heavy atom. The van der Waals surface area contributed by atoms with Crippen LogP contribution in [0.2, 0.25) is 0 Å². The molecule has 1 heterocycles. The van der Waals surface area contributed by atoms with Gasteiger partial charge in [0.25, 0.3) is 0 Å². The van der Waals surface area contributed by atoms with Gasteiger partial charge in [-0.05, 0) is 18.2 Å². The lowest BCUT2D eigenvalue weighted by atomic mass is 10.4. The minimum atomic E-state index is -0.909. The molecule has 0 fully saturated rings. The second-order valence-corrected chi connectivity index (χ2v) is 5.45. The van der Waals surface area contributed by atoms with Crippen LogP contribution in [0.4, 0.5) is 0 Å². The van der Waals surface area contributed by atoms with Gasteiger partial charge in [-0.3, -0.25) is 8.89 Å². The van der Waals surface area contributed by atoms with Crippen LogP contribution in [-0.2, 0) is 17.3 Å². The zero-order chi connectivity index (χ0) is 12.6. The molecule has 2 aromatic rings. The molecule has 1 atom stereocenters. The molecule has 0 radical (unpaired) electrons. The summed E-state index contributed by atoms with van der Waals surface area (Å²) in [6.07, 6.45) is 3.70. The summed E-state index contributed by atoms with van der Waals surface area (Å²) in [4.78, 5) is 0.895. The van der Waals surface area contributed by atoms with Gasteiger partial charge in [0.15, 0.2) is 0 Å². The highest BCUT2D eigenvalue weighted by atomic mass is 32.2. The van der Waals surface area contributed by atoms with Crippen molar-refractivity contribution in [2.45, 2.75) is 11.4 Å². The van der Waals surface area contributed by atoms with Gasteiger partial charge in [0.05, 0.1) is 17.3 Å². The molecule has 96 valence electrons. The fraction of sp³-hybridized carbons (Fsp3) is 0.308. The number of aromatic nitrogens is 2. The zero-order valence-electron chi connectivity index (χ0n) is 10.2. The highest BCUT2D eigenvalue weighted by molar-refractivity contribution is 7.85. The molecule has 0 spiro atoms. The predicted molar refractivity (Wildman–Crippen MR) is 72.8 cm³/mol. The SMILES string of the molecule is O=[S@](CCNCCn1cccn1)c1ccccc1. The molecule has 18 heavy (non-hydrogen) atoms. The Balaban J connectivity index is 1.62. The standard InChI is InChI=1S/C13H17N3OS/c17-18(13-5-2-1-3-6-13)12-9-14-8-11-16-10-4-7-15-16/h1-7,10,14H,8-9,11-12H2/t18-/m1/s1. The van der Waals surface area contributed by atoms with Crippen molar-refractivity contribution in [3.63, 3.8) is 0 Å². The summed E-state index contributed by atoms with van der Waals surface area (Å²) in [5.74, 6) is 0.642. The number of benzene rings is 1. The number of nitrogens with zero attached hydrogens (tertiary/aromatic N) is 2. The molecule has 0 amide bonds. The fourth-order valence-electron chi connectivity index (χ4n) is 1.61. The topological polar surface area (TPSA) is 46.9 Å². The summed E-state index contributed by atoms with van der Waals surface area (Å²) in [6.45, 7) is 2.43. The highest BCUT2D eigenvalue weighted by Crippen LogP contribution is 2.04. The Morgan fingerprint density at radius 1 is 1.17 bits per heavy atom. The van der Waals surface area contributed by atoms with Crippen LogP contribution in [-0.4, -0.2) is 32.8 Å². The van der Waals surface area contributed by atoms with Crippen molar-refractivity contribution < 1.29 is 4.21 Å². The first kappa shape index (κ1) is 13.0. The number of nitrogens with one attached hydrogen (secondary N) is 1. The van der Waals surface area contributed by atoms with E-state index in [0.29, 0.717) is 5.75 Å². The van der Waals surface area contributed by atoms with Crippen molar-refractivity contribution in [1.29, 1.82) is 0 Å². The van der Waals surface area contributed by atoms with Gasteiger partial charge in [0.1, 0.15) is 0 Å². The fourth-order valence-corrected chi connectivity index (χ4v) is 2.63. The molecular formula is C13H17N3OS. The minimum absolute atomic E-state index is 0.642. The molecule has 0 aliphatic heterocycles. The van der Waals surface area contributed by atoms with Crippen molar-refractivity contribution in [3.8, 4) is 0 Å². The van der Waals surface area contributed by atoms with Gasteiger partial charge in [0.2, 0.25) is 0 Å². The molecule has 0 saturated carbocycles. The maximum atomic E-state index is 11.9. The molecule has 5 heteroatoms. The summed E-state index contributed by atoms with van der Waals surface area (Å²) < 4.78 is 13.8. The van der Waals surface area contributed by atoms with Crippen molar-refractivity contribution in [2.24, 2.45) is 0 Å². The molecule has 0 saturated heterocycles. The summed E-state index contributed by atoms with van der Waals surface area (Å²) in [5, 5.41) is 7.38. The molecule has 0 aliphatic rings. The largest absolute Gasteiger partial charge is 0.314 e. The van der Waals surface area contributed by atoms with Gasteiger partial charge in [0, 0.05) is 36.1 Å². The smallest absolute Gasteiger partial charge is 0.0542 e. The molecule has 0 aliphatic carbocycles. The number of hydrogen-bond acceptors (Lipinski definition) is 3. The van der Waals surface area contributed by atoms with Gasteiger partial charge >= 0.3 is 0 Å². The molecule has 0 unspecified atom stereocenters. The summed E-state index contributed by atoms with van der Waals surface area (Å²) in [7, 11) is -0.909. The number of rotatable bonds is 7. The van der Waals surface area contributed by atoms with Gasteiger partial charge in [-0.15, -0.1) is 0 Å². The van der Waals surface area contributed by atoms with Crippen LogP contribution in [0.1, 0.15) is 0 Å². The third kappa shape index (κ3) is 4.09. The first-order valence-corrected chi connectivity index (χ1v) is 7.30. The molecular weight excluding hydrogens is 246 g/mol. The van der Waals surface area contributed by atoms with E-state index in [1.165, 1.54) is 0 Å². The van der Waals surface area contributed by atoms with Gasteiger partial charge in [-0.1, -0.05) is 18.2 Å². The lowest BCUT2D eigenvalue weighted by molar-refractivity contribution is 0.565. The van der Waals surface area contributed by atoms with E-state index in [2.05, 4.69) is 10.4 Å². The average Bonchev–Trinajstić information content (AvgIpc) is 2.92. The maximum Gasteiger partial charge on any atom is 0.0542 e. The second kappa shape index (κ2) is 7.08. The monoisotopic (exact) mass is 263 g/mol. The second-order valence-electron chi connectivity index (χ2n) is 3.88. The quantitative estimate of drug-likeness (QED) is 0.766. The van der Waals surface area contributed by atoms with Crippen molar-refractivity contribution >= 4 is 10.8 Å². The molecule has 1 N–H and O–H groups in total. The van der Waals surface area contributed by atoms with E-state index < -0.39 is 10.8 Å². The van der Waals surface area contributed by atoms with E-state index in [9.17, 15) is 4.21 Å². The Labute approximate surface area is 109 Å². The van der Waals surface area contributed by atoms with Crippen molar-refractivity contribution in [3.05, 3.63) is 48.8 Å². The normalized spacial score (nSPS) is 12.4. The Hall–Kier alpha value is -1.46. The van der Waals surface area contributed by atoms with Crippen LogP contribution >= 0.6 is 0 Å². The summed E-state index contributed by atoms with van der Waals surface area (Å²) in [5.41, 5.74) is 0. The van der Waals surface area contributed by atoms with Crippen LogP contribution in [0.5, 0.6) is 0 Å². The lowest BCUT2D eigenvalue weighted by Gasteiger charge is -2.05. The van der Waals surface area contributed by atoms with Crippen LogP contribution < -0.4 is 5.32 Å².